The molecule has 0 spiro atoms. The van der Waals surface area contributed by atoms with E-state index < -0.39 is 0 Å². The van der Waals surface area contributed by atoms with Crippen molar-refractivity contribution < 1.29 is 4.74 Å². The van der Waals surface area contributed by atoms with E-state index >= 15 is 0 Å². The van der Waals surface area contributed by atoms with Crippen LogP contribution in [0.1, 0.15) is 0 Å². The summed E-state index contributed by atoms with van der Waals surface area (Å²) in [4.78, 5) is 0. The fourth-order valence-electron chi connectivity index (χ4n) is 0.680. The molecule has 0 saturated heterocycles. The maximum Gasteiger partial charge on any atom is 0.121 e. The predicted octanol–water partition coefficient (Wildman–Crippen LogP) is 1.28. The molecule has 0 aliphatic rings. The van der Waals surface area contributed by atoms with Gasteiger partial charge in [0.2, 0.25) is 0 Å². The van der Waals surface area contributed by atoms with Gasteiger partial charge in [0.25, 0.3) is 0 Å². The van der Waals surface area contributed by atoms with Crippen molar-refractivity contribution in [2.45, 2.75) is 0 Å². The third-order valence-electron chi connectivity index (χ3n) is 1.29. The van der Waals surface area contributed by atoms with Crippen molar-refractivity contribution in [3.63, 3.8) is 0 Å². The minimum atomic E-state index is 0. The number of benzene rings is 1. The Morgan fingerprint density at radius 2 is 1.82 bits per heavy atom. The van der Waals surface area contributed by atoms with Gasteiger partial charge in [-0.3, -0.25) is 0 Å². The maximum atomic E-state index is 5.49. The van der Waals surface area contributed by atoms with Crippen LogP contribution in [0.25, 0.3) is 0 Å². The SMILES string of the molecule is COc1ccc(N)c(N)c1.Cl. The van der Waals surface area contributed by atoms with E-state index in [0.717, 1.165) is 5.75 Å². The lowest BCUT2D eigenvalue weighted by Gasteiger charge is -2.02. The fourth-order valence-corrected chi connectivity index (χ4v) is 0.680. The number of hydrogen-bond acceptors (Lipinski definition) is 3. The number of halogens is 1. The van der Waals surface area contributed by atoms with Gasteiger partial charge in [0.15, 0.2) is 0 Å². The normalized spacial score (nSPS) is 8.45. The van der Waals surface area contributed by atoms with Crippen LogP contribution < -0.4 is 16.2 Å². The van der Waals surface area contributed by atoms with E-state index in [1.54, 1.807) is 25.3 Å². The summed E-state index contributed by atoms with van der Waals surface area (Å²) in [5.41, 5.74) is 12.1. The molecule has 1 aromatic rings. The molecule has 1 aromatic carbocycles. The highest BCUT2D eigenvalue weighted by molar-refractivity contribution is 5.85. The van der Waals surface area contributed by atoms with Crippen LogP contribution in [-0.2, 0) is 0 Å². The van der Waals surface area contributed by atoms with Crippen molar-refractivity contribution in [3.05, 3.63) is 18.2 Å². The molecule has 4 heteroatoms. The number of anilines is 2. The molecule has 3 nitrogen and oxygen atoms in total. The van der Waals surface area contributed by atoms with Gasteiger partial charge >= 0.3 is 0 Å². The summed E-state index contributed by atoms with van der Waals surface area (Å²) in [5, 5.41) is 0. The molecule has 0 atom stereocenters. The van der Waals surface area contributed by atoms with Crippen molar-refractivity contribution in [1.82, 2.24) is 0 Å². The van der Waals surface area contributed by atoms with Gasteiger partial charge in [-0.25, -0.2) is 0 Å². The summed E-state index contributed by atoms with van der Waals surface area (Å²) in [6, 6.07) is 5.18. The summed E-state index contributed by atoms with van der Waals surface area (Å²) in [6.07, 6.45) is 0. The number of hydrogen-bond donors (Lipinski definition) is 2. The summed E-state index contributed by atoms with van der Waals surface area (Å²) in [5.74, 6) is 0.728. The van der Waals surface area contributed by atoms with Crippen LogP contribution in [0.2, 0.25) is 0 Å². The van der Waals surface area contributed by atoms with Crippen LogP contribution in [0.5, 0.6) is 5.75 Å². The molecule has 0 aliphatic carbocycles. The standard InChI is InChI=1S/C7H10N2O.ClH/c1-10-5-2-3-6(8)7(9)4-5;/h2-4H,8-9H2,1H3;1H. The van der Waals surface area contributed by atoms with Gasteiger partial charge in [-0.05, 0) is 12.1 Å². The molecule has 0 bridgehead atoms. The zero-order valence-electron chi connectivity index (χ0n) is 6.20. The first-order valence-corrected chi connectivity index (χ1v) is 2.93. The number of nitrogen functional groups attached to an aromatic ring is 2. The molecule has 0 amide bonds. The lowest BCUT2D eigenvalue weighted by molar-refractivity contribution is 0.415. The average Bonchev–Trinajstić information content (AvgIpc) is 1.95. The number of rotatable bonds is 1. The predicted molar refractivity (Wildman–Crippen MR) is 49.1 cm³/mol. The minimum Gasteiger partial charge on any atom is -0.497 e. The quantitative estimate of drug-likeness (QED) is 0.631. The highest BCUT2D eigenvalue weighted by Crippen LogP contribution is 2.20. The highest BCUT2D eigenvalue weighted by atomic mass is 35.5. The summed E-state index contributed by atoms with van der Waals surface area (Å²) in [6.45, 7) is 0. The first-order valence-electron chi connectivity index (χ1n) is 2.93. The highest BCUT2D eigenvalue weighted by Gasteiger charge is 1.94. The Hall–Kier alpha value is -1.09. The van der Waals surface area contributed by atoms with Gasteiger partial charge in [0.05, 0.1) is 18.5 Å². The Morgan fingerprint density at radius 3 is 2.27 bits per heavy atom. The Morgan fingerprint density at radius 1 is 1.18 bits per heavy atom. The molecule has 4 N–H and O–H groups in total. The van der Waals surface area contributed by atoms with Crippen molar-refractivity contribution in [1.29, 1.82) is 0 Å². The summed E-state index contributed by atoms with van der Waals surface area (Å²) >= 11 is 0. The molecule has 1 rings (SSSR count). The third kappa shape index (κ3) is 2.20. The van der Waals surface area contributed by atoms with Crippen LogP contribution >= 0.6 is 12.4 Å². The Labute approximate surface area is 71.7 Å². The van der Waals surface area contributed by atoms with Crippen LogP contribution in [0.3, 0.4) is 0 Å². The first kappa shape index (κ1) is 9.91. The number of nitrogens with two attached hydrogens (primary N) is 2. The topological polar surface area (TPSA) is 61.3 Å². The van der Waals surface area contributed by atoms with Crippen molar-refractivity contribution in [3.8, 4) is 5.75 Å². The van der Waals surface area contributed by atoms with Crippen LogP contribution in [-0.4, -0.2) is 7.11 Å². The van der Waals surface area contributed by atoms with Crippen molar-refractivity contribution >= 4 is 23.8 Å². The van der Waals surface area contributed by atoms with Gasteiger partial charge in [-0.1, -0.05) is 0 Å². The third-order valence-corrected chi connectivity index (χ3v) is 1.29. The van der Waals surface area contributed by atoms with Crippen molar-refractivity contribution in [2.75, 3.05) is 18.6 Å². The zero-order valence-corrected chi connectivity index (χ0v) is 7.02. The second-order valence-corrected chi connectivity index (χ2v) is 1.99. The van der Waals surface area contributed by atoms with E-state index in [1.165, 1.54) is 0 Å². The maximum absolute atomic E-state index is 5.49. The molecule has 11 heavy (non-hydrogen) atoms. The van der Waals surface area contributed by atoms with Gasteiger partial charge < -0.3 is 16.2 Å². The van der Waals surface area contributed by atoms with Gasteiger partial charge in [0, 0.05) is 6.07 Å². The van der Waals surface area contributed by atoms with Gasteiger partial charge in [0.1, 0.15) is 5.75 Å². The van der Waals surface area contributed by atoms with Crippen LogP contribution in [0.15, 0.2) is 18.2 Å². The van der Waals surface area contributed by atoms with E-state index in [4.69, 9.17) is 16.2 Å². The van der Waals surface area contributed by atoms with Crippen LogP contribution in [0.4, 0.5) is 11.4 Å². The fraction of sp³-hybridized carbons (Fsp3) is 0.143. The summed E-state index contributed by atoms with van der Waals surface area (Å²) < 4.78 is 4.91. The summed E-state index contributed by atoms with van der Waals surface area (Å²) in [7, 11) is 1.59. The lowest BCUT2D eigenvalue weighted by atomic mass is 10.2. The molecular weight excluding hydrogens is 164 g/mol. The second kappa shape index (κ2) is 3.93. The Kier molecular flexibility index (Phi) is 3.54. The Bertz CT molecular complexity index is 240. The molecule has 0 fully saturated rings. The zero-order chi connectivity index (χ0) is 7.56. The molecule has 0 aliphatic heterocycles. The molecule has 62 valence electrons. The van der Waals surface area contributed by atoms with E-state index in [2.05, 4.69) is 0 Å². The molecule has 0 aromatic heterocycles. The largest absolute Gasteiger partial charge is 0.497 e. The smallest absolute Gasteiger partial charge is 0.121 e. The van der Waals surface area contributed by atoms with E-state index in [0.29, 0.717) is 11.4 Å². The number of ether oxygens (including phenoxy) is 1. The molecule has 0 unspecified atom stereocenters. The van der Waals surface area contributed by atoms with E-state index in [9.17, 15) is 0 Å². The van der Waals surface area contributed by atoms with Crippen molar-refractivity contribution in [2.24, 2.45) is 0 Å². The monoisotopic (exact) mass is 174 g/mol. The van der Waals surface area contributed by atoms with Gasteiger partial charge in [-0.2, -0.15) is 0 Å². The van der Waals surface area contributed by atoms with Crippen LogP contribution in [0, 0.1) is 0 Å². The molecule has 0 heterocycles. The minimum absolute atomic E-state index is 0. The van der Waals surface area contributed by atoms with E-state index in [1.807, 2.05) is 0 Å². The molecular formula is C7H11ClN2O. The Balaban J connectivity index is 0.000001000. The first-order chi connectivity index (χ1) is 4.74. The average molecular weight is 175 g/mol. The molecule has 0 radical (unpaired) electrons. The number of methoxy groups -OCH3 is 1. The van der Waals surface area contributed by atoms with E-state index in [-0.39, 0.29) is 12.4 Å². The second-order valence-electron chi connectivity index (χ2n) is 1.99. The van der Waals surface area contributed by atoms with Gasteiger partial charge in [-0.15, -0.1) is 12.4 Å². The lowest BCUT2D eigenvalue weighted by Crippen LogP contribution is -1.94. The molecule has 0 saturated carbocycles.